The molecule has 1 heterocycles. The number of nitriles is 1. The van der Waals surface area contributed by atoms with Gasteiger partial charge in [-0.2, -0.15) is 5.26 Å². The number of piperazine rings is 1. The van der Waals surface area contributed by atoms with Crippen LogP contribution < -0.4 is 5.43 Å². The fourth-order valence-electron chi connectivity index (χ4n) is 2.61. The monoisotopic (exact) mass is 222 g/mol. The molecule has 4 nitrogen and oxygen atoms in total. The summed E-state index contributed by atoms with van der Waals surface area (Å²) < 4.78 is 0. The van der Waals surface area contributed by atoms with E-state index in [2.05, 4.69) is 28.5 Å². The van der Waals surface area contributed by atoms with E-state index in [9.17, 15) is 0 Å². The van der Waals surface area contributed by atoms with E-state index in [1.54, 1.807) is 0 Å². The summed E-state index contributed by atoms with van der Waals surface area (Å²) in [5.41, 5.74) is 3.56. The van der Waals surface area contributed by atoms with Gasteiger partial charge >= 0.3 is 0 Å². The minimum atomic E-state index is 0.216. The molecule has 0 aromatic heterocycles. The number of hydrogen-bond donors (Lipinski definition) is 1. The van der Waals surface area contributed by atoms with Crippen LogP contribution in [0.1, 0.15) is 25.7 Å². The SMILES string of the molecule is CN1CCN(NC2CCCCC2C#N)CC1. The Morgan fingerprint density at radius 3 is 2.50 bits per heavy atom. The van der Waals surface area contributed by atoms with Gasteiger partial charge < -0.3 is 4.90 Å². The van der Waals surface area contributed by atoms with Crippen molar-refractivity contribution in [1.82, 2.24) is 15.3 Å². The van der Waals surface area contributed by atoms with Gasteiger partial charge in [0.15, 0.2) is 0 Å². The molecule has 1 saturated carbocycles. The van der Waals surface area contributed by atoms with Crippen LogP contribution in [0.4, 0.5) is 0 Å². The Hall–Kier alpha value is -0.630. The number of hydrogen-bond acceptors (Lipinski definition) is 4. The van der Waals surface area contributed by atoms with Crippen LogP contribution >= 0.6 is 0 Å². The number of likely N-dealkylation sites (N-methyl/N-ethyl adjacent to an activating group) is 1. The highest BCUT2D eigenvalue weighted by Crippen LogP contribution is 2.24. The van der Waals surface area contributed by atoms with E-state index in [0.717, 1.165) is 39.0 Å². The highest BCUT2D eigenvalue weighted by atomic mass is 15.5. The van der Waals surface area contributed by atoms with Crippen molar-refractivity contribution in [3.05, 3.63) is 0 Å². The van der Waals surface area contributed by atoms with Crippen LogP contribution in [0.5, 0.6) is 0 Å². The molecule has 90 valence electrons. The van der Waals surface area contributed by atoms with E-state index in [1.165, 1.54) is 12.8 Å². The lowest BCUT2D eigenvalue weighted by Crippen LogP contribution is -2.55. The van der Waals surface area contributed by atoms with Gasteiger partial charge in [0.25, 0.3) is 0 Å². The van der Waals surface area contributed by atoms with Crippen molar-refractivity contribution in [2.75, 3.05) is 33.2 Å². The molecule has 2 aliphatic rings. The predicted octanol–water partition coefficient (Wildman–Crippen LogP) is 0.821. The second-order valence-corrected chi connectivity index (χ2v) is 5.05. The molecular formula is C12H22N4. The average molecular weight is 222 g/mol. The fraction of sp³-hybridized carbons (Fsp3) is 0.917. The molecule has 0 aromatic rings. The van der Waals surface area contributed by atoms with Crippen molar-refractivity contribution in [3.8, 4) is 6.07 Å². The minimum absolute atomic E-state index is 0.216. The van der Waals surface area contributed by atoms with Gasteiger partial charge in [-0.25, -0.2) is 5.01 Å². The van der Waals surface area contributed by atoms with E-state index in [4.69, 9.17) is 5.26 Å². The third kappa shape index (κ3) is 2.94. The van der Waals surface area contributed by atoms with Gasteiger partial charge in [0, 0.05) is 32.2 Å². The first-order valence-corrected chi connectivity index (χ1v) is 6.39. The van der Waals surface area contributed by atoms with Crippen LogP contribution in [0.25, 0.3) is 0 Å². The summed E-state index contributed by atoms with van der Waals surface area (Å²) in [5.74, 6) is 0.216. The highest BCUT2D eigenvalue weighted by Gasteiger charge is 2.27. The normalized spacial score (nSPS) is 33.5. The first kappa shape index (κ1) is 11.8. The molecule has 2 fully saturated rings. The van der Waals surface area contributed by atoms with Gasteiger partial charge in [-0.1, -0.05) is 12.8 Å². The molecule has 4 heteroatoms. The molecule has 1 aliphatic carbocycles. The van der Waals surface area contributed by atoms with Crippen molar-refractivity contribution in [2.24, 2.45) is 5.92 Å². The van der Waals surface area contributed by atoms with Crippen molar-refractivity contribution in [1.29, 1.82) is 5.26 Å². The maximum atomic E-state index is 9.12. The smallest absolute Gasteiger partial charge is 0.0672 e. The van der Waals surface area contributed by atoms with Crippen molar-refractivity contribution in [2.45, 2.75) is 31.7 Å². The largest absolute Gasteiger partial charge is 0.304 e. The van der Waals surface area contributed by atoms with E-state index < -0.39 is 0 Å². The zero-order valence-corrected chi connectivity index (χ0v) is 10.2. The van der Waals surface area contributed by atoms with Gasteiger partial charge in [0.05, 0.1) is 12.0 Å². The number of hydrazine groups is 1. The first-order valence-electron chi connectivity index (χ1n) is 6.39. The van der Waals surface area contributed by atoms with Crippen LogP contribution in [0.2, 0.25) is 0 Å². The summed E-state index contributed by atoms with van der Waals surface area (Å²) in [5, 5.41) is 11.4. The van der Waals surface area contributed by atoms with Gasteiger partial charge in [0.1, 0.15) is 0 Å². The maximum absolute atomic E-state index is 9.12. The van der Waals surface area contributed by atoms with E-state index in [-0.39, 0.29) is 5.92 Å². The summed E-state index contributed by atoms with van der Waals surface area (Å²) in [4.78, 5) is 2.35. The molecule has 2 rings (SSSR count). The summed E-state index contributed by atoms with van der Waals surface area (Å²) in [6.45, 7) is 4.39. The molecule has 2 unspecified atom stereocenters. The Morgan fingerprint density at radius 2 is 1.81 bits per heavy atom. The number of nitrogens with one attached hydrogen (secondary N) is 1. The second-order valence-electron chi connectivity index (χ2n) is 5.05. The standard InChI is InChI=1S/C12H22N4/c1-15-6-8-16(9-7-15)14-12-5-3-2-4-11(12)10-13/h11-12,14H,2-9H2,1H3. The third-order valence-electron chi connectivity index (χ3n) is 3.78. The number of rotatable bonds is 2. The molecule has 1 saturated heterocycles. The molecule has 2 atom stereocenters. The number of nitrogens with zero attached hydrogens (tertiary/aromatic N) is 3. The highest BCUT2D eigenvalue weighted by molar-refractivity contribution is 4.94. The lowest BCUT2D eigenvalue weighted by Gasteiger charge is -2.38. The molecular weight excluding hydrogens is 200 g/mol. The Kier molecular flexibility index (Phi) is 4.16. The molecule has 1 aliphatic heterocycles. The molecule has 0 bridgehead atoms. The Bertz CT molecular complexity index is 252. The molecule has 16 heavy (non-hydrogen) atoms. The van der Waals surface area contributed by atoms with Gasteiger partial charge in [0.2, 0.25) is 0 Å². The second kappa shape index (κ2) is 5.62. The van der Waals surface area contributed by atoms with Crippen molar-refractivity contribution < 1.29 is 0 Å². The van der Waals surface area contributed by atoms with Gasteiger partial charge in [-0.05, 0) is 19.9 Å². The van der Waals surface area contributed by atoms with Crippen LogP contribution in [0.3, 0.4) is 0 Å². The fourth-order valence-corrected chi connectivity index (χ4v) is 2.61. The zero-order chi connectivity index (χ0) is 11.4. The van der Waals surface area contributed by atoms with Crippen molar-refractivity contribution >= 4 is 0 Å². The van der Waals surface area contributed by atoms with Gasteiger partial charge in [-0.3, -0.25) is 5.43 Å². The molecule has 0 aromatic carbocycles. The molecule has 1 N–H and O–H groups in total. The third-order valence-corrected chi connectivity index (χ3v) is 3.78. The first-order chi connectivity index (χ1) is 7.79. The summed E-state index contributed by atoms with van der Waals surface area (Å²) in [6.07, 6.45) is 4.72. The van der Waals surface area contributed by atoms with Crippen LogP contribution in [-0.4, -0.2) is 49.2 Å². The average Bonchev–Trinajstić information content (AvgIpc) is 2.33. The van der Waals surface area contributed by atoms with E-state index in [0.29, 0.717) is 6.04 Å². The summed E-state index contributed by atoms with van der Waals surface area (Å²) >= 11 is 0. The van der Waals surface area contributed by atoms with Crippen LogP contribution in [0.15, 0.2) is 0 Å². The summed E-state index contributed by atoms with van der Waals surface area (Å²) in [7, 11) is 2.16. The topological polar surface area (TPSA) is 42.3 Å². The predicted molar refractivity (Wildman–Crippen MR) is 63.6 cm³/mol. The Morgan fingerprint density at radius 1 is 1.12 bits per heavy atom. The van der Waals surface area contributed by atoms with Crippen LogP contribution in [0, 0.1) is 17.2 Å². The molecule has 0 spiro atoms. The zero-order valence-electron chi connectivity index (χ0n) is 10.2. The van der Waals surface area contributed by atoms with Crippen molar-refractivity contribution in [3.63, 3.8) is 0 Å². The van der Waals surface area contributed by atoms with Crippen LogP contribution in [-0.2, 0) is 0 Å². The maximum Gasteiger partial charge on any atom is 0.0672 e. The Labute approximate surface area is 98.2 Å². The Balaban J connectivity index is 1.81. The van der Waals surface area contributed by atoms with E-state index >= 15 is 0 Å². The lowest BCUT2D eigenvalue weighted by molar-refractivity contribution is 0.0695. The van der Waals surface area contributed by atoms with E-state index in [1.807, 2.05) is 0 Å². The minimum Gasteiger partial charge on any atom is -0.304 e. The molecule has 0 radical (unpaired) electrons. The quantitative estimate of drug-likeness (QED) is 0.751. The summed E-state index contributed by atoms with van der Waals surface area (Å²) in [6, 6.07) is 2.84. The van der Waals surface area contributed by atoms with Gasteiger partial charge in [-0.15, -0.1) is 0 Å². The lowest BCUT2D eigenvalue weighted by atomic mass is 9.86. The molecule has 0 amide bonds.